The number of hydrogen-bond donors (Lipinski definition) is 1. The highest BCUT2D eigenvalue weighted by atomic mass is 35.5. The van der Waals surface area contributed by atoms with Crippen LogP contribution in [0.3, 0.4) is 0 Å². The van der Waals surface area contributed by atoms with Gasteiger partial charge < -0.3 is 5.32 Å². The molecule has 27 heavy (non-hydrogen) atoms. The molecule has 0 aliphatic carbocycles. The van der Waals surface area contributed by atoms with Crippen LogP contribution in [0.15, 0.2) is 30.3 Å². The van der Waals surface area contributed by atoms with Crippen LogP contribution in [0.25, 0.3) is 5.69 Å². The number of aryl methyl sites for hydroxylation is 1. The number of halogens is 4. The number of aromatic nitrogens is 3. The lowest BCUT2D eigenvalue weighted by Crippen LogP contribution is -2.25. The summed E-state index contributed by atoms with van der Waals surface area (Å²) in [6, 6.07) is 9.74. The van der Waals surface area contributed by atoms with Crippen LogP contribution in [-0.2, 0) is 6.54 Å². The van der Waals surface area contributed by atoms with Crippen LogP contribution in [0.4, 0.5) is 0 Å². The zero-order chi connectivity index (χ0) is 19.7. The van der Waals surface area contributed by atoms with Gasteiger partial charge in [-0.1, -0.05) is 64.6 Å². The lowest BCUT2D eigenvalue weighted by atomic mass is 10.2. The maximum Gasteiger partial charge on any atom is 0.271 e. The van der Waals surface area contributed by atoms with E-state index in [2.05, 4.69) is 15.4 Å². The fraction of sp³-hybridized carbons (Fsp3) is 0.167. The van der Waals surface area contributed by atoms with E-state index in [-0.39, 0.29) is 32.5 Å². The Morgan fingerprint density at radius 2 is 1.70 bits per heavy atom. The fourth-order valence-corrected chi connectivity index (χ4v) is 3.46. The summed E-state index contributed by atoms with van der Waals surface area (Å²) >= 11 is 23.8. The monoisotopic (exact) mass is 442 g/mol. The van der Waals surface area contributed by atoms with Gasteiger partial charge in [-0.15, -0.1) is 0 Å². The first-order valence-electron chi connectivity index (χ1n) is 7.90. The molecule has 9 heteroatoms. The number of carbonyl (C=O) groups excluding carboxylic acids is 1. The van der Waals surface area contributed by atoms with Crippen molar-refractivity contribution in [3.05, 3.63) is 73.2 Å². The van der Waals surface area contributed by atoms with E-state index in [9.17, 15) is 4.79 Å². The predicted octanol–water partition coefficient (Wildman–Crippen LogP) is 5.43. The molecule has 1 aromatic carbocycles. The number of para-hydroxylation sites is 1. The van der Waals surface area contributed by atoms with Crippen molar-refractivity contribution in [3.8, 4) is 5.69 Å². The average Bonchev–Trinajstić information content (AvgIpc) is 2.95. The van der Waals surface area contributed by atoms with Crippen LogP contribution >= 0.6 is 46.4 Å². The molecule has 0 aliphatic rings. The SMILES string of the molecule is Cc1nn(-c2ccccc2)c(C)c1CNC(=O)c1nc(Cl)c(Cl)c(Cl)c1Cl. The normalized spacial score (nSPS) is 10.9. The van der Waals surface area contributed by atoms with Crippen LogP contribution in [0.1, 0.15) is 27.4 Å². The zero-order valence-electron chi connectivity index (χ0n) is 14.4. The summed E-state index contributed by atoms with van der Waals surface area (Å²) in [5.41, 5.74) is 3.49. The van der Waals surface area contributed by atoms with E-state index >= 15 is 0 Å². The number of carbonyl (C=O) groups is 1. The van der Waals surface area contributed by atoms with E-state index in [1.807, 2.05) is 48.9 Å². The Morgan fingerprint density at radius 3 is 2.37 bits per heavy atom. The highest BCUT2D eigenvalue weighted by Gasteiger charge is 2.21. The first kappa shape index (κ1) is 20.0. The summed E-state index contributed by atoms with van der Waals surface area (Å²) in [6.07, 6.45) is 0. The molecule has 0 unspecified atom stereocenters. The van der Waals surface area contributed by atoms with E-state index in [0.717, 1.165) is 22.6 Å². The van der Waals surface area contributed by atoms with E-state index in [0.29, 0.717) is 0 Å². The Hall–Kier alpha value is -1.79. The highest BCUT2D eigenvalue weighted by molar-refractivity contribution is 6.52. The Balaban J connectivity index is 1.84. The molecule has 2 aromatic heterocycles. The lowest BCUT2D eigenvalue weighted by Gasteiger charge is -2.10. The predicted molar refractivity (Wildman–Crippen MR) is 108 cm³/mol. The van der Waals surface area contributed by atoms with E-state index in [1.165, 1.54) is 0 Å². The van der Waals surface area contributed by atoms with Crippen molar-refractivity contribution in [1.29, 1.82) is 0 Å². The number of rotatable bonds is 4. The summed E-state index contributed by atoms with van der Waals surface area (Å²) in [5, 5.41) is 7.21. The van der Waals surface area contributed by atoms with E-state index in [1.54, 1.807) is 0 Å². The minimum atomic E-state index is -0.508. The Bertz CT molecular complexity index is 1020. The Kier molecular flexibility index (Phi) is 5.96. The topological polar surface area (TPSA) is 59.8 Å². The van der Waals surface area contributed by atoms with E-state index < -0.39 is 5.91 Å². The molecule has 3 aromatic rings. The first-order valence-corrected chi connectivity index (χ1v) is 9.41. The molecule has 0 saturated heterocycles. The number of nitrogens with zero attached hydrogens (tertiary/aromatic N) is 3. The van der Waals surface area contributed by atoms with Crippen molar-refractivity contribution in [2.24, 2.45) is 0 Å². The molecule has 0 fully saturated rings. The molecule has 0 bridgehead atoms. The Labute approximate surface area is 176 Å². The van der Waals surface area contributed by atoms with Crippen molar-refractivity contribution >= 4 is 52.3 Å². The summed E-state index contributed by atoms with van der Waals surface area (Å²) in [4.78, 5) is 16.4. The van der Waals surface area contributed by atoms with Crippen LogP contribution in [0, 0.1) is 13.8 Å². The summed E-state index contributed by atoms with van der Waals surface area (Å²) in [6.45, 7) is 4.07. The summed E-state index contributed by atoms with van der Waals surface area (Å²) in [5.74, 6) is -0.508. The third kappa shape index (κ3) is 3.92. The van der Waals surface area contributed by atoms with Crippen LogP contribution in [0.5, 0.6) is 0 Å². The third-order valence-electron chi connectivity index (χ3n) is 4.07. The summed E-state index contributed by atoms with van der Waals surface area (Å²) < 4.78 is 1.83. The Morgan fingerprint density at radius 1 is 1.04 bits per heavy atom. The standard InChI is InChI=1S/C18H14Cl4N4O/c1-9-12(10(2)26(25-9)11-6-4-3-5-7-11)8-23-18(27)16-14(20)13(19)15(21)17(22)24-16/h3-7H,8H2,1-2H3,(H,23,27). The van der Waals surface area contributed by atoms with Gasteiger partial charge in [0.05, 0.1) is 26.4 Å². The molecule has 0 radical (unpaired) electrons. The number of pyridine rings is 1. The zero-order valence-corrected chi connectivity index (χ0v) is 17.4. The maximum absolute atomic E-state index is 12.5. The molecule has 3 rings (SSSR count). The van der Waals surface area contributed by atoms with Gasteiger partial charge in [-0.2, -0.15) is 5.10 Å². The molecule has 1 N–H and O–H groups in total. The average molecular weight is 444 g/mol. The molecule has 1 amide bonds. The molecule has 2 heterocycles. The first-order chi connectivity index (χ1) is 12.8. The highest BCUT2D eigenvalue weighted by Crippen LogP contribution is 2.36. The molecule has 0 atom stereocenters. The molecule has 0 aliphatic heterocycles. The smallest absolute Gasteiger partial charge is 0.271 e. The van der Waals surface area contributed by atoms with Gasteiger partial charge in [-0.05, 0) is 26.0 Å². The quantitative estimate of drug-likeness (QED) is 0.547. The van der Waals surface area contributed by atoms with Crippen molar-refractivity contribution in [2.75, 3.05) is 0 Å². The van der Waals surface area contributed by atoms with Gasteiger partial charge in [0.25, 0.3) is 5.91 Å². The molecule has 140 valence electrons. The third-order valence-corrected chi connectivity index (χ3v) is 5.74. The van der Waals surface area contributed by atoms with Crippen molar-refractivity contribution < 1.29 is 4.79 Å². The van der Waals surface area contributed by atoms with Gasteiger partial charge in [0.2, 0.25) is 0 Å². The van der Waals surface area contributed by atoms with Gasteiger partial charge in [0, 0.05) is 17.8 Å². The lowest BCUT2D eigenvalue weighted by molar-refractivity contribution is 0.0946. The second-order valence-corrected chi connectivity index (χ2v) is 7.26. The second kappa shape index (κ2) is 8.07. The minimum Gasteiger partial charge on any atom is -0.346 e. The van der Waals surface area contributed by atoms with Crippen molar-refractivity contribution in [2.45, 2.75) is 20.4 Å². The number of hydrogen-bond acceptors (Lipinski definition) is 3. The van der Waals surface area contributed by atoms with Gasteiger partial charge in [0.1, 0.15) is 10.8 Å². The number of benzene rings is 1. The van der Waals surface area contributed by atoms with Gasteiger partial charge in [-0.25, -0.2) is 9.67 Å². The largest absolute Gasteiger partial charge is 0.346 e. The van der Waals surface area contributed by atoms with E-state index in [4.69, 9.17) is 46.4 Å². The van der Waals surface area contributed by atoms with Crippen LogP contribution in [0.2, 0.25) is 20.2 Å². The van der Waals surface area contributed by atoms with Gasteiger partial charge in [-0.3, -0.25) is 4.79 Å². The summed E-state index contributed by atoms with van der Waals surface area (Å²) in [7, 11) is 0. The molecular weight excluding hydrogens is 430 g/mol. The number of amides is 1. The molecule has 0 spiro atoms. The molecule has 0 saturated carbocycles. The minimum absolute atomic E-state index is 0.00672. The fourth-order valence-electron chi connectivity index (χ4n) is 2.64. The van der Waals surface area contributed by atoms with Crippen molar-refractivity contribution in [3.63, 3.8) is 0 Å². The second-order valence-electron chi connectivity index (χ2n) is 5.77. The van der Waals surface area contributed by atoms with Crippen LogP contribution < -0.4 is 5.32 Å². The molecule has 5 nitrogen and oxygen atoms in total. The maximum atomic E-state index is 12.5. The van der Waals surface area contributed by atoms with Gasteiger partial charge >= 0.3 is 0 Å². The number of nitrogens with one attached hydrogen (secondary N) is 1. The molecular formula is C18H14Cl4N4O. The van der Waals surface area contributed by atoms with Gasteiger partial charge in [0.15, 0.2) is 0 Å². The van der Waals surface area contributed by atoms with Crippen molar-refractivity contribution in [1.82, 2.24) is 20.1 Å². The van der Waals surface area contributed by atoms with Crippen LogP contribution in [-0.4, -0.2) is 20.7 Å².